The van der Waals surface area contributed by atoms with E-state index < -0.39 is 0 Å². The summed E-state index contributed by atoms with van der Waals surface area (Å²) in [6.45, 7) is 9.00. The van der Waals surface area contributed by atoms with Gasteiger partial charge in [-0.3, -0.25) is 0 Å². The van der Waals surface area contributed by atoms with Gasteiger partial charge in [-0.25, -0.2) is 0 Å². The highest BCUT2D eigenvalue weighted by atomic mass is 16.3. The average molecular weight is 242 g/mol. The second-order valence-corrected chi connectivity index (χ2v) is 5.26. The Morgan fingerprint density at radius 2 is 1.41 bits per heavy atom. The fourth-order valence-electron chi connectivity index (χ4n) is 2.57. The van der Waals surface area contributed by atoms with Gasteiger partial charge in [0.2, 0.25) is 0 Å². The lowest BCUT2D eigenvalue weighted by atomic mass is 9.78. The summed E-state index contributed by atoms with van der Waals surface area (Å²) in [5.41, 5.74) is 0.700. The average Bonchev–Trinajstić information content (AvgIpc) is 2.79. The Labute approximate surface area is 106 Å². The van der Waals surface area contributed by atoms with Gasteiger partial charge < -0.3 is 15.7 Å². The summed E-state index contributed by atoms with van der Waals surface area (Å²) < 4.78 is 0. The molecular formula is C14H30N2O. The zero-order valence-electron chi connectivity index (χ0n) is 11.6. The van der Waals surface area contributed by atoms with Crippen LogP contribution in [0.1, 0.15) is 52.4 Å². The van der Waals surface area contributed by atoms with E-state index in [9.17, 15) is 0 Å². The molecule has 0 radical (unpaired) electrons. The van der Waals surface area contributed by atoms with Crippen molar-refractivity contribution in [3.8, 4) is 0 Å². The van der Waals surface area contributed by atoms with Gasteiger partial charge in [0.25, 0.3) is 0 Å². The number of hydrogen-bond acceptors (Lipinski definition) is 3. The molecule has 0 aromatic carbocycles. The zero-order valence-corrected chi connectivity index (χ0v) is 11.6. The molecule has 2 saturated heterocycles. The summed E-state index contributed by atoms with van der Waals surface area (Å²) in [7, 11) is 0. The molecular weight excluding hydrogens is 212 g/mol. The number of piperidine rings is 1. The highest BCUT2D eigenvalue weighted by Crippen LogP contribution is 2.34. The van der Waals surface area contributed by atoms with Crippen LogP contribution in [-0.4, -0.2) is 37.4 Å². The van der Waals surface area contributed by atoms with Crippen molar-refractivity contribution >= 4 is 0 Å². The summed E-state index contributed by atoms with van der Waals surface area (Å²) in [4.78, 5) is 0. The van der Waals surface area contributed by atoms with Crippen molar-refractivity contribution in [3.05, 3.63) is 0 Å². The van der Waals surface area contributed by atoms with E-state index in [2.05, 4.69) is 10.6 Å². The molecule has 2 aliphatic heterocycles. The standard InChI is InChI=1S/C8H16N2.C4H8O.C2H6/c1-4-9-5-2-8(1)3-6-10-7-8;5-4-2-1-3-4;1-2/h9-10H,1-7H2;4-5H,1-3H2;1-2H3. The van der Waals surface area contributed by atoms with Crippen molar-refractivity contribution in [1.82, 2.24) is 10.6 Å². The SMILES string of the molecule is C1CC2(CCN1)CCNC2.CC.OC1CCC1. The Morgan fingerprint density at radius 1 is 0.941 bits per heavy atom. The smallest absolute Gasteiger partial charge is 0.0540 e. The van der Waals surface area contributed by atoms with Gasteiger partial charge in [-0.15, -0.1) is 0 Å². The van der Waals surface area contributed by atoms with Gasteiger partial charge in [0.15, 0.2) is 0 Å². The lowest BCUT2D eigenvalue weighted by Crippen LogP contribution is -2.37. The van der Waals surface area contributed by atoms with E-state index >= 15 is 0 Å². The fourth-order valence-corrected chi connectivity index (χ4v) is 2.57. The molecule has 0 unspecified atom stereocenters. The van der Waals surface area contributed by atoms with E-state index in [1.54, 1.807) is 0 Å². The van der Waals surface area contributed by atoms with Gasteiger partial charge in [0.05, 0.1) is 6.10 Å². The van der Waals surface area contributed by atoms with E-state index in [0.29, 0.717) is 5.41 Å². The first-order valence-electron chi connectivity index (χ1n) is 7.40. The minimum atomic E-state index is 0.0648. The Bertz CT molecular complexity index is 179. The first-order chi connectivity index (χ1) is 8.31. The van der Waals surface area contributed by atoms with Crippen LogP contribution in [0.5, 0.6) is 0 Å². The molecule has 3 nitrogen and oxygen atoms in total. The molecule has 0 aromatic heterocycles. The van der Waals surface area contributed by atoms with Crippen molar-refractivity contribution in [2.75, 3.05) is 26.2 Å². The Kier molecular flexibility index (Phi) is 7.09. The van der Waals surface area contributed by atoms with Crippen molar-refractivity contribution in [2.45, 2.75) is 58.5 Å². The molecule has 0 atom stereocenters. The topological polar surface area (TPSA) is 44.3 Å². The second-order valence-electron chi connectivity index (χ2n) is 5.26. The van der Waals surface area contributed by atoms with Crippen LogP contribution >= 0.6 is 0 Å². The first kappa shape index (κ1) is 14.9. The third-order valence-corrected chi connectivity index (χ3v) is 4.07. The van der Waals surface area contributed by atoms with Crippen LogP contribution in [-0.2, 0) is 0 Å². The largest absolute Gasteiger partial charge is 0.393 e. The molecule has 1 saturated carbocycles. The molecule has 3 rings (SSSR count). The summed E-state index contributed by atoms with van der Waals surface area (Å²) in [5, 5.41) is 15.3. The van der Waals surface area contributed by atoms with Crippen LogP contribution in [0.2, 0.25) is 0 Å². The molecule has 3 N–H and O–H groups in total. The van der Waals surface area contributed by atoms with E-state index in [-0.39, 0.29) is 6.10 Å². The highest BCUT2D eigenvalue weighted by molar-refractivity contribution is 4.90. The van der Waals surface area contributed by atoms with Gasteiger partial charge in [-0.05, 0) is 63.6 Å². The molecule has 102 valence electrons. The van der Waals surface area contributed by atoms with E-state index in [1.807, 2.05) is 13.8 Å². The zero-order chi connectivity index (χ0) is 12.6. The monoisotopic (exact) mass is 242 g/mol. The predicted octanol–water partition coefficient (Wildman–Crippen LogP) is 1.91. The molecule has 1 aliphatic carbocycles. The first-order valence-corrected chi connectivity index (χ1v) is 7.40. The van der Waals surface area contributed by atoms with Crippen molar-refractivity contribution in [1.29, 1.82) is 0 Å². The lowest BCUT2D eigenvalue weighted by molar-refractivity contribution is 0.0950. The summed E-state index contributed by atoms with van der Waals surface area (Å²) >= 11 is 0. The maximum Gasteiger partial charge on any atom is 0.0540 e. The number of rotatable bonds is 0. The van der Waals surface area contributed by atoms with Crippen molar-refractivity contribution < 1.29 is 5.11 Å². The minimum Gasteiger partial charge on any atom is -0.393 e. The van der Waals surface area contributed by atoms with Gasteiger partial charge in [-0.1, -0.05) is 13.8 Å². The van der Waals surface area contributed by atoms with Crippen LogP contribution in [0, 0.1) is 5.41 Å². The van der Waals surface area contributed by atoms with E-state index in [1.165, 1.54) is 51.9 Å². The molecule has 1 spiro atoms. The molecule has 2 heterocycles. The predicted molar refractivity (Wildman–Crippen MR) is 73.2 cm³/mol. The number of aliphatic hydroxyl groups is 1. The summed E-state index contributed by atoms with van der Waals surface area (Å²) in [6.07, 6.45) is 7.57. The third-order valence-electron chi connectivity index (χ3n) is 4.07. The van der Waals surface area contributed by atoms with Crippen molar-refractivity contribution in [2.24, 2.45) is 5.41 Å². The molecule has 0 amide bonds. The van der Waals surface area contributed by atoms with Crippen LogP contribution in [0.25, 0.3) is 0 Å². The molecule has 3 fully saturated rings. The Morgan fingerprint density at radius 3 is 1.76 bits per heavy atom. The van der Waals surface area contributed by atoms with Crippen LogP contribution in [0.3, 0.4) is 0 Å². The van der Waals surface area contributed by atoms with Crippen LogP contribution in [0.4, 0.5) is 0 Å². The maximum atomic E-state index is 8.45. The van der Waals surface area contributed by atoms with Gasteiger partial charge in [0, 0.05) is 6.54 Å². The van der Waals surface area contributed by atoms with Crippen LogP contribution < -0.4 is 10.6 Å². The fraction of sp³-hybridized carbons (Fsp3) is 1.00. The summed E-state index contributed by atoms with van der Waals surface area (Å²) in [6, 6.07) is 0. The molecule has 3 heteroatoms. The molecule has 3 aliphatic rings. The number of nitrogens with one attached hydrogen (secondary N) is 2. The minimum absolute atomic E-state index is 0.0648. The normalized spacial score (nSPS) is 26.3. The number of hydrogen-bond donors (Lipinski definition) is 3. The molecule has 0 bridgehead atoms. The lowest BCUT2D eigenvalue weighted by Gasteiger charge is -2.32. The second kappa shape index (κ2) is 8.06. The van der Waals surface area contributed by atoms with Crippen LogP contribution in [0.15, 0.2) is 0 Å². The van der Waals surface area contributed by atoms with Gasteiger partial charge in [-0.2, -0.15) is 0 Å². The molecule has 0 aromatic rings. The van der Waals surface area contributed by atoms with E-state index in [0.717, 1.165) is 12.8 Å². The Hall–Kier alpha value is -0.120. The quantitative estimate of drug-likeness (QED) is 0.608. The Balaban J connectivity index is 0.000000175. The molecule has 17 heavy (non-hydrogen) atoms. The van der Waals surface area contributed by atoms with Crippen molar-refractivity contribution in [3.63, 3.8) is 0 Å². The third kappa shape index (κ3) is 4.94. The number of aliphatic hydroxyl groups excluding tert-OH is 1. The summed E-state index contributed by atoms with van der Waals surface area (Å²) in [5.74, 6) is 0. The van der Waals surface area contributed by atoms with E-state index in [4.69, 9.17) is 5.11 Å². The van der Waals surface area contributed by atoms with Gasteiger partial charge in [0.1, 0.15) is 0 Å². The maximum absolute atomic E-state index is 8.45. The van der Waals surface area contributed by atoms with Gasteiger partial charge >= 0.3 is 0 Å². The highest BCUT2D eigenvalue weighted by Gasteiger charge is 2.34.